The molecule has 3 atom stereocenters. The molecule has 6 heteroatoms. The van der Waals surface area contributed by atoms with Crippen molar-refractivity contribution in [3.8, 4) is 0 Å². The molecule has 1 aliphatic rings. The highest BCUT2D eigenvalue weighted by atomic mass is 16.3. The number of aliphatic hydroxyl groups excluding tert-OH is 1. The molecule has 6 nitrogen and oxygen atoms in total. The van der Waals surface area contributed by atoms with Crippen molar-refractivity contribution in [1.82, 2.24) is 15.1 Å². The standard InChI is InChI=1S/C15H18N4O2/c1-19-8-10(7-17-19)13(16)15(21)18-14-11-5-3-2-4-9(11)6-12(14)20/h2-5,7-8,12-14,20H,6,16H2,1H3,(H,18,21)/t12-,13?,14+/m0/s1. The van der Waals surface area contributed by atoms with Crippen LogP contribution in [0.2, 0.25) is 0 Å². The van der Waals surface area contributed by atoms with Gasteiger partial charge in [0.05, 0.1) is 18.3 Å². The fourth-order valence-electron chi connectivity index (χ4n) is 2.74. The number of nitrogens with two attached hydrogens (primary N) is 1. The molecule has 0 radical (unpaired) electrons. The van der Waals surface area contributed by atoms with Crippen LogP contribution in [0.5, 0.6) is 0 Å². The average Bonchev–Trinajstić information content (AvgIpc) is 3.03. The first-order valence-corrected chi connectivity index (χ1v) is 6.86. The Morgan fingerprint density at radius 3 is 3.00 bits per heavy atom. The number of hydrogen-bond acceptors (Lipinski definition) is 4. The molecule has 0 bridgehead atoms. The molecule has 1 aliphatic carbocycles. The second kappa shape index (κ2) is 5.31. The molecule has 0 spiro atoms. The lowest BCUT2D eigenvalue weighted by Crippen LogP contribution is -2.39. The van der Waals surface area contributed by atoms with Gasteiger partial charge in [0.15, 0.2) is 0 Å². The van der Waals surface area contributed by atoms with E-state index in [2.05, 4.69) is 10.4 Å². The molecule has 3 rings (SSSR count). The summed E-state index contributed by atoms with van der Waals surface area (Å²) >= 11 is 0. The molecule has 21 heavy (non-hydrogen) atoms. The first kappa shape index (κ1) is 13.8. The van der Waals surface area contributed by atoms with E-state index in [0.717, 1.165) is 11.1 Å². The maximum Gasteiger partial charge on any atom is 0.242 e. The topological polar surface area (TPSA) is 93.2 Å². The Balaban J connectivity index is 1.76. The Morgan fingerprint density at radius 2 is 2.29 bits per heavy atom. The summed E-state index contributed by atoms with van der Waals surface area (Å²) in [4.78, 5) is 12.3. The van der Waals surface area contributed by atoms with Crippen molar-refractivity contribution in [3.63, 3.8) is 0 Å². The van der Waals surface area contributed by atoms with Gasteiger partial charge in [0.25, 0.3) is 0 Å². The maximum absolute atomic E-state index is 12.3. The molecule has 2 aromatic rings. The minimum atomic E-state index is -0.793. The minimum absolute atomic E-state index is 0.316. The van der Waals surface area contributed by atoms with Crippen LogP contribution >= 0.6 is 0 Å². The number of benzene rings is 1. The minimum Gasteiger partial charge on any atom is -0.390 e. The first-order chi connectivity index (χ1) is 10.1. The Hall–Kier alpha value is -2.18. The number of aromatic nitrogens is 2. The summed E-state index contributed by atoms with van der Waals surface area (Å²) in [5.41, 5.74) is 8.61. The number of nitrogens with zero attached hydrogens (tertiary/aromatic N) is 2. The number of aryl methyl sites for hydroxylation is 1. The van der Waals surface area contributed by atoms with Crippen LogP contribution in [0, 0.1) is 0 Å². The van der Waals surface area contributed by atoms with E-state index in [1.165, 1.54) is 0 Å². The third kappa shape index (κ3) is 2.55. The van der Waals surface area contributed by atoms with Gasteiger partial charge in [-0.05, 0) is 11.1 Å². The Labute approximate surface area is 122 Å². The number of carbonyl (C=O) groups is 1. The molecule has 0 fully saturated rings. The van der Waals surface area contributed by atoms with Gasteiger partial charge >= 0.3 is 0 Å². The molecule has 4 N–H and O–H groups in total. The van der Waals surface area contributed by atoms with E-state index >= 15 is 0 Å². The van der Waals surface area contributed by atoms with Crippen molar-refractivity contribution < 1.29 is 9.90 Å². The van der Waals surface area contributed by atoms with Crippen LogP contribution in [0.1, 0.15) is 28.8 Å². The number of fused-ring (bicyclic) bond motifs is 1. The second-order valence-electron chi connectivity index (χ2n) is 5.38. The van der Waals surface area contributed by atoms with E-state index < -0.39 is 18.2 Å². The number of amides is 1. The molecule has 0 saturated heterocycles. The first-order valence-electron chi connectivity index (χ1n) is 6.86. The van der Waals surface area contributed by atoms with Gasteiger partial charge in [-0.2, -0.15) is 5.10 Å². The van der Waals surface area contributed by atoms with Crippen LogP contribution in [-0.4, -0.2) is 26.9 Å². The lowest BCUT2D eigenvalue weighted by Gasteiger charge is -2.20. The largest absolute Gasteiger partial charge is 0.390 e. The molecule has 1 aromatic carbocycles. The highest BCUT2D eigenvalue weighted by Gasteiger charge is 2.33. The predicted molar refractivity (Wildman–Crippen MR) is 77.2 cm³/mol. The molecule has 110 valence electrons. The molecule has 0 aliphatic heterocycles. The van der Waals surface area contributed by atoms with E-state index in [0.29, 0.717) is 12.0 Å². The molecule has 1 heterocycles. The summed E-state index contributed by atoms with van der Waals surface area (Å²) in [6.45, 7) is 0. The molecular formula is C15H18N4O2. The zero-order valence-corrected chi connectivity index (χ0v) is 11.7. The SMILES string of the molecule is Cn1cc(C(N)C(=O)N[C@@H]2c3ccccc3C[C@@H]2O)cn1. The van der Waals surface area contributed by atoms with Crippen LogP contribution in [0.15, 0.2) is 36.7 Å². The second-order valence-corrected chi connectivity index (χ2v) is 5.38. The average molecular weight is 286 g/mol. The van der Waals surface area contributed by atoms with Crippen LogP contribution in [0.4, 0.5) is 0 Å². The molecular weight excluding hydrogens is 268 g/mol. The molecule has 1 aromatic heterocycles. The van der Waals surface area contributed by atoms with Gasteiger partial charge < -0.3 is 16.2 Å². The summed E-state index contributed by atoms with van der Waals surface area (Å²) in [7, 11) is 1.77. The predicted octanol–water partition coefficient (Wildman–Crippen LogP) is 0.194. The third-order valence-corrected chi connectivity index (χ3v) is 3.87. The highest BCUT2D eigenvalue weighted by Crippen LogP contribution is 2.31. The van der Waals surface area contributed by atoms with Gasteiger partial charge in [-0.1, -0.05) is 24.3 Å². The van der Waals surface area contributed by atoms with Crippen molar-refractivity contribution in [1.29, 1.82) is 0 Å². The van der Waals surface area contributed by atoms with Gasteiger partial charge in [0.2, 0.25) is 5.91 Å². The number of hydrogen-bond donors (Lipinski definition) is 3. The normalized spacial score (nSPS) is 21.9. The van der Waals surface area contributed by atoms with Gasteiger partial charge in [-0.3, -0.25) is 9.48 Å². The summed E-state index contributed by atoms with van der Waals surface area (Å²) in [6, 6.07) is 6.52. The number of nitrogens with one attached hydrogen (secondary N) is 1. The summed E-state index contributed by atoms with van der Waals surface area (Å²) in [5.74, 6) is -0.316. The zero-order chi connectivity index (χ0) is 15.0. The Morgan fingerprint density at radius 1 is 1.52 bits per heavy atom. The quantitative estimate of drug-likeness (QED) is 0.751. The van der Waals surface area contributed by atoms with Gasteiger partial charge in [-0.25, -0.2) is 0 Å². The van der Waals surface area contributed by atoms with E-state index in [1.807, 2.05) is 24.3 Å². The van der Waals surface area contributed by atoms with Crippen molar-refractivity contribution in [2.45, 2.75) is 24.6 Å². The van der Waals surface area contributed by atoms with E-state index in [4.69, 9.17) is 5.73 Å². The fraction of sp³-hybridized carbons (Fsp3) is 0.333. The van der Waals surface area contributed by atoms with Crippen molar-refractivity contribution in [2.75, 3.05) is 0 Å². The van der Waals surface area contributed by atoms with Crippen molar-refractivity contribution >= 4 is 5.91 Å². The van der Waals surface area contributed by atoms with Gasteiger partial charge in [0.1, 0.15) is 6.04 Å². The summed E-state index contributed by atoms with van der Waals surface area (Å²) in [6.07, 6.45) is 3.21. The number of aliphatic hydroxyl groups is 1. The zero-order valence-electron chi connectivity index (χ0n) is 11.7. The maximum atomic E-state index is 12.3. The molecule has 0 saturated carbocycles. The third-order valence-electron chi connectivity index (χ3n) is 3.87. The van der Waals surface area contributed by atoms with E-state index in [9.17, 15) is 9.90 Å². The van der Waals surface area contributed by atoms with Crippen molar-refractivity contribution in [2.24, 2.45) is 12.8 Å². The Kier molecular flexibility index (Phi) is 3.48. The van der Waals surface area contributed by atoms with Gasteiger partial charge in [-0.15, -0.1) is 0 Å². The van der Waals surface area contributed by atoms with Crippen LogP contribution in [0.3, 0.4) is 0 Å². The summed E-state index contributed by atoms with van der Waals surface area (Å²) in [5, 5.41) is 17.0. The van der Waals surface area contributed by atoms with E-state index in [1.54, 1.807) is 24.1 Å². The van der Waals surface area contributed by atoms with Crippen LogP contribution in [-0.2, 0) is 18.3 Å². The lowest BCUT2D eigenvalue weighted by molar-refractivity contribution is -0.124. The monoisotopic (exact) mass is 286 g/mol. The fourth-order valence-corrected chi connectivity index (χ4v) is 2.74. The van der Waals surface area contributed by atoms with E-state index in [-0.39, 0.29) is 5.91 Å². The smallest absolute Gasteiger partial charge is 0.242 e. The summed E-state index contributed by atoms with van der Waals surface area (Å²) < 4.78 is 1.60. The molecule has 1 unspecified atom stereocenters. The Bertz CT molecular complexity index is 667. The number of carbonyl (C=O) groups excluding carboxylic acids is 1. The van der Waals surface area contributed by atoms with Crippen molar-refractivity contribution in [3.05, 3.63) is 53.3 Å². The number of rotatable bonds is 3. The highest BCUT2D eigenvalue weighted by molar-refractivity contribution is 5.83. The van der Waals surface area contributed by atoms with Crippen LogP contribution in [0.25, 0.3) is 0 Å². The van der Waals surface area contributed by atoms with Crippen LogP contribution < -0.4 is 11.1 Å². The van der Waals surface area contributed by atoms with Gasteiger partial charge in [0, 0.05) is 25.2 Å². The lowest BCUT2D eigenvalue weighted by atomic mass is 10.1. The molecule has 1 amide bonds.